The summed E-state index contributed by atoms with van der Waals surface area (Å²) in [7, 11) is 0. The zero-order chi connectivity index (χ0) is 12.4. The van der Waals surface area contributed by atoms with E-state index in [1.54, 1.807) is 35.1 Å². The largest absolute Gasteiger partial charge is 0.287 e. The molecule has 2 rings (SSSR count). The van der Waals surface area contributed by atoms with Crippen molar-refractivity contribution >= 4 is 33.3 Å². The fourth-order valence-corrected chi connectivity index (χ4v) is 2.06. The zero-order valence-corrected chi connectivity index (χ0v) is 11.5. The standard InChI is InChI=1S/C12H10BrClN2O/c1-2-16-11(5-6-15-16)12(17)8-3-4-10(14)9(13)7-8/h3-7H,2H2,1H3. The van der Waals surface area contributed by atoms with Crippen molar-refractivity contribution in [1.29, 1.82) is 0 Å². The molecule has 2 aromatic rings. The molecule has 0 spiro atoms. The molecule has 17 heavy (non-hydrogen) atoms. The summed E-state index contributed by atoms with van der Waals surface area (Å²) < 4.78 is 2.39. The monoisotopic (exact) mass is 312 g/mol. The molecule has 0 saturated carbocycles. The predicted octanol–water partition coefficient (Wildman–Crippen LogP) is 3.55. The zero-order valence-electron chi connectivity index (χ0n) is 9.15. The fraction of sp³-hybridized carbons (Fsp3) is 0.167. The molecule has 0 atom stereocenters. The number of hydrogen-bond donors (Lipinski definition) is 0. The van der Waals surface area contributed by atoms with E-state index in [2.05, 4.69) is 21.0 Å². The Hall–Kier alpha value is -1.13. The van der Waals surface area contributed by atoms with Crippen LogP contribution in [-0.4, -0.2) is 15.6 Å². The van der Waals surface area contributed by atoms with E-state index in [-0.39, 0.29) is 5.78 Å². The highest BCUT2D eigenvalue weighted by Crippen LogP contribution is 2.24. The first kappa shape index (κ1) is 12.3. The van der Waals surface area contributed by atoms with Gasteiger partial charge in [0.15, 0.2) is 0 Å². The van der Waals surface area contributed by atoms with Crippen LogP contribution in [0.2, 0.25) is 5.02 Å². The first-order valence-corrected chi connectivity index (χ1v) is 6.32. The smallest absolute Gasteiger partial charge is 0.211 e. The SMILES string of the molecule is CCn1nccc1C(=O)c1ccc(Cl)c(Br)c1. The number of hydrogen-bond acceptors (Lipinski definition) is 2. The highest BCUT2D eigenvalue weighted by atomic mass is 79.9. The molecule has 0 radical (unpaired) electrons. The van der Waals surface area contributed by atoms with Crippen LogP contribution in [0, 0.1) is 0 Å². The van der Waals surface area contributed by atoms with Gasteiger partial charge in [-0.15, -0.1) is 0 Å². The van der Waals surface area contributed by atoms with Gasteiger partial charge in [0.05, 0.1) is 5.02 Å². The maximum Gasteiger partial charge on any atom is 0.211 e. The summed E-state index contributed by atoms with van der Waals surface area (Å²) in [5, 5.41) is 4.67. The van der Waals surface area contributed by atoms with Gasteiger partial charge >= 0.3 is 0 Å². The van der Waals surface area contributed by atoms with Gasteiger partial charge in [0.1, 0.15) is 5.69 Å². The maximum absolute atomic E-state index is 12.2. The van der Waals surface area contributed by atoms with E-state index in [1.165, 1.54) is 0 Å². The molecule has 0 saturated heterocycles. The summed E-state index contributed by atoms with van der Waals surface area (Å²) in [5.41, 5.74) is 1.18. The van der Waals surface area contributed by atoms with Gasteiger partial charge in [-0.1, -0.05) is 11.6 Å². The predicted molar refractivity (Wildman–Crippen MR) is 70.5 cm³/mol. The molecule has 88 valence electrons. The van der Waals surface area contributed by atoms with Crippen molar-refractivity contribution in [1.82, 2.24) is 9.78 Å². The van der Waals surface area contributed by atoms with Crippen LogP contribution in [0.5, 0.6) is 0 Å². The van der Waals surface area contributed by atoms with Gasteiger partial charge in [0.2, 0.25) is 5.78 Å². The number of rotatable bonds is 3. The van der Waals surface area contributed by atoms with E-state index in [0.29, 0.717) is 27.3 Å². The van der Waals surface area contributed by atoms with Crippen LogP contribution in [0.1, 0.15) is 23.0 Å². The van der Waals surface area contributed by atoms with E-state index in [9.17, 15) is 4.79 Å². The second-order valence-corrected chi connectivity index (χ2v) is 4.75. The third-order valence-corrected chi connectivity index (χ3v) is 3.64. The lowest BCUT2D eigenvalue weighted by molar-refractivity contribution is 0.102. The van der Waals surface area contributed by atoms with Crippen LogP contribution in [0.15, 0.2) is 34.9 Å². The Morgan fingerprint density at radius 3 is 2.88 bits per heavy atom. The summed E-state index contributed by atoms with van der Waals surface area (Å²) in [5.74, 6) is -0.0540. The average Bonchev–Trinajstić information content (AvgIpc) is 2.80. The van der Waals surface area contributed by atoms with Crippen LogP contribution < -0.4 is 0 Å². The number of carbonyl (C=O) groups is 1. The maximum atomic E-state index is 12.2. The van der Waals surface area contributed by atoms with Crippen molar-refractivity contribution in [3.8, 4) is 0 Å². The van der Waals surface area contributed by atoms with Gasteiger partial charge in [-0.25, -0.2) is 0 Å². The molecule has 1 heterocycles. The topological polar surface area (TPSA) is 34.9 Å². The molecule has 3 nitrogen and oxygen atoms in total. The molecule has 0 bridgehead atoms. The third kappa shape index (κ3) is 2.42. The second-order valence-electron chi connectivity index (χ2n) is 3.49. The normalized spacial score (nSPS) is 10.5. The fourth-order valence-electron chi connectivity index (χ4n) is 1.56. The van der Waals surface area contributed by atoms with Crippen LogP contribution in [-0.2, 0) is 6.54 Å². The molecular formula is C12H10BrClN2O. The minimum absolute atomic E-state index is 0.0540. The molecule has 1 aromatic heterocycles. The van der Waals surface area contributed by atoms with Crippen LogP contribution in [0.25, 0.3) is 0 Å². The lowest BCUT2D eigenvalue weighted by Gasteiger charge is -2.05. The number of halogens is 2. The van der Waals surface area contributed by atoms with Gasteiger partial charge < -0.3 is 0 Å². The van der Waals surface area contributed by atoms with Gasteiger partial charge in [-0.05, 0) is 47.1 Å². The van der Waals surface area contributed by atoms with Gasteiger partial charge in [-0.2, -0.15) is 5.10 Å². The van der Waals surface area contributed by atoms with Gasteiger partial charge in [0.25, 0.3) is 0 Å². The Labute approximate surface area is 113 Å². The summed E-state index contributed by atoms with van der Waals surface area (Å²) in [6.45, 7) is 2.62. The number of aromatic nitrogens is 2. The number of aryl methyl sites for hydroxylation is 1. The molecule has 1 aromatic carbocycles. The lowest BCUT2D eigenvalue weighted by Crippen LogP contribution is -2.10. The summed E-state index contributed by atoms with van der Waals surface area (Å²) in [4.78, 5) is 12.2. The highest BCUT2D eigenvalue weighted by Gasteiger charge is 2.14. The Morgan fingerprint density at radius 2 is 2.24 bits per heavy atom. The third-order valence-electron chi connectivity index (χ3n) is 2.43. The first-order valence-electron chi connectivity index (χ1n) is 5.15. The Bertz CT molecular complexity index is 565. The van der Waals surface area contributed by atoms with E-state index < -0.39 is 0 Å². The van der Waals surface area contributed by atoms with Crippen molar-refractivity contribution < 1.29 is 4.79 Å². The number of ketones is 1. The van der Waals surface area contributed by atoms with Gasteiger partial charge in [-0.3, -0.25) is 9.48 Å². The molecule has 0 aliphatic carbocycles. The van der Waals surface area contributed by atoms with Crippen molar-refractivity contribution in [3.63, 3.8) is 0 Å². The molecule has 0 amide bonds. The highest BCUT2D eigenvalue weighted by molar-refractivity contribution is 9.10. The van der Waals surface area contributed by atoms with E-state index in [0.717, 1.165) is 0 Å². The Kier molecular flexibility index (Phi) is 3.64. The first-order chi connectivity index (χ1) is 8.13. The quantitative estimate of drug-likeness (QED) is 0.812. The Morgan fingerprint density at radius 1 is 1.47 bits per heavy atom. The summed E-state index contributed by atoms with van der Waals surface area (Å²) >= 11 is 9.20. The number of carbonyl (C=O) groups excluding carboxylic acids is 1. The lowest BCUT2D eigenvalue weighted by atomic mass is 10.1. The molecule has 0 aliphatic heterocycles. The van der Waals surface area contributed by atoms with Crippen molar-refractivity contribution in [3.05, 3.63) is 51.2 Å². The molecule has 0 N–H and O–H groups in total. The van der Waals surface area contributed by atoms with E-state index in [4.69, 9.17) is 11.6 Å². The minimum atomic E-state index is -0.0540. The summed E-state index contributed by atoms with van der Waals surface area (Å²) in [6, 6.07) is 6.85. The summed E-state index contributed by atoms with van der Waals surface area (Å²) in [6.07, 6.45) is 1.63. The van der Waals surface area contributed by atoms with Crippen LogP contribution >= 0.6 is 27.5 Å². The van der Waals surface area contributed by atoms with Gasteiger partial charge in [0, 0.05) is 22.8 Å². The molecule has 0 unspecified atom stereocenters. The molecular weight excluding hydrogens is 304 g/mol. The second kappa shape index (κ2) is 5.02. The molecule has 0 fully saturated rings. The van der Waals surface area contributed by atoms with E-state index >= 15 is 0 Å². The van der Waals surface area contributed by atoms with Crippen LogP contribution in [0.4, 0.5) is 0 Å². The number of benzene rings is 1. The number of nitrogens with zero attached hydrogens (tertiary/aromatic N) is 2. The molecule has 5 heteroatoms. The van der Waals surface area contributed by atoms with Crippen molar-refractivity contribution in [2.24, 2.45) is 0 Å². The average molecular weight is 314 g/mol. The Balaban J connectivity index is 2.40. The minimum Gasteiger partial charge on any atom is -0.287 e. The van der Waals surface area contributed by atoms with E-state index in [1.807, 2.05) is 6.92 Å². The van der Waals surface area contributed by atoms with Crippen molar-refractivity contribution in [2.45, 2.75) is 13.5 Å². The molecule has 0 aliphatic rings. The van der Waals surface area contributed by atoms with Crippen molar-refractivity contribution in [2.75, 3.05) is 0 Å². The van der Waals surface area contributed by atoms with Crippen LogP contribution in [0.3, 0.4) is 0 Å².